The molecule has 0 bridgehead atoms. The third kappa shape index (κ3) is 5.01. The van der Waals surface area contributed by atoms with Crippen LogP contribution in [0.3, 0.4) is 0 Å². The van der Waals surface area contributed by atoms with Crippen LogP contribution in [0.5, 0.6) is 0 Å². The number of halogens is 1. The Balaban J connectivity index is 1.44. The number of thioether (sulfide) groups is 1. The highest BCUT2D eigenvalue weighted by molar-refractivity contribution is 8.18. The lowest BCUT2D eigenvalue weighted by Crippen LogP contribution is -2.41. The average molecular weight is 470 g/mol. The number of hydrogen-bond acceptors (Lipinski definition) is 4. The predicted molar refractivity (Wildman–Crippen MR) is 136 cm³/mol. The molecule has 4 fully saturated rings. The fourth-order valence-corrected chi connectivity index (χ4v) is 6.88. The topological polar surface area (TPSA) is 35.9 Å². The number of hydrogen-bond donors (Lipinski definition) is 0. The van der Waals surface area contributed by atoms with E-state index in [1.54, 1.807) is 6.07 Å². The second kappa shape index (κ2) is 10.2. The number of benzene rings is 1. The summed E-state index contributed by atoms with van der Waals surface area (Å²) in [6, 6.07) is 4.15. The van der Waals surface area contributed by atoms with E-state index in [0.717, 1.165) is 67.9 Å². The molecular weight excluding hydrogens is 433 g/mol. The number of nitrogens with zero attached hydrogens (tertiary/aromatic N) is 3. The van der Waals surface area contributed by atoms with Crippen LogP contribution in [0.4, 0.5) is 10.1 Å². The third-order valence-corrected chi connectivity index (χ3v) is 8.71. The van der Waals surface area contributed by atoms with Crippen LogP contribution >= 0.6 is 11.8 Å². The standard InChI is InChI=1S/C27H36FN3OS/c1-19-16-24(30-14-8-9-15-30)23(28)17-20(19)18-25-26(32)31(22-12-6-3-7-13-22)27(33-25)29-21-10-4-2-5-11-21/h16-18,21-22H,2-15H2,1H3/b25-18-,29-27?. The van der Waals surface area contributed by atoms with Gasteiger partial charge in [-0.3, -0.25) is 14.7 Å². The van der Waals surface area contributed by atoms with Gasteiger partial charge in [-0.2, -0.15) is 0 Å². The van der Waals surface area contributed by atoms with Gasteiger partial charge < -0.3 is 4.90 Å². The van der Waals surface area contributed by atoms with Gasteiger partial charge in [0.25, 0.3) is 5.91 Å². The number of aryl methyl sites for hydroxylation is 1. The molecule has 1 aromatic rings. The van der Waals surface area contributed by atoms with Crippen molar-refractivity contribution in [1.82, 2.24) is 4.90 Å². The molecule has 4 aliphatic rings. The summed E-state index contributed by atoms with van der Waals surface area (Å²) in [6.07, 6.45) is 15.9. The molecule has 2 saturated heterocycles. The summed E-state index contributed by atoms with van der Waals surface area (Å²) >= 11 is 1.51. The van der Waals surface area contributed by atoms with Crippen LogP contribution < -0.4 is 4.90 Å². The van der Waals surface area contributed by atoms with Gasteiger partial charge in [0.1, 0.15) is 5.82 Å². The van der Waals surface area contributed by atoms with Crippen LogP contribution in [0.25, 0.3) is 6.08 Å². The van der Waals surface area contributed by atoms with Gasteiger partial charge in [0.15, 0.2) is 5.17 Å². The maximum atomic E-state index is 15.0. The SMILES string of the molecule is Cc1cc(N2CCCC2)c(F)cc1/C=C1\SC(=NC2CCCCC2)N(C2CCCCC2)C1=O. The van der Waals surface area contributed by atoms with Gasteiger partial charge >= 0.3 is 0 Å². The Bertz CT molecular complexity index is 941. The first-order valence-electron chi connectivity index (χ1n) is 13.0. The predicted octanol–water partition coefficient (Wildman–Crippen LogP) is 6.67. The largest absolute Gasteiger partial charge is 0.369 e. The molecule has 0 aromatic heterocycles. The fraction of sp³-hybridized carbons (Fsp3) is 0.630. The summed E-state index contributed by atoms with van der Waals surface area (Å²) in [5.74, 6) is -0.130. The second-order valence-electron chi connectivity index (χ2n) is 10.1. The van der Waals surface area contributed by atoms with Crippen molar-refractivity contribution in [3.63, 3.8) is 0 Å². The fourth-order valence-electron chi connectivity index (χ4n) is 5.78. The smallest absolute Gasteiger partial charge is 0.266 e. The zero-order valence-corrected chi connectivity index (χ0v) is 20.6. The van der Waals surface area contributed by atoms with E-state index in [4.69, 9.17) is 4.99 Å². The molecule has 1 amide bonds. The normalized spacial score (nSPS) is 25.7. The minimum absolute atomic E-state index is 0.0601. The highest BCUT2D eigenvalue weighted by Crippen LogP contribution is 2.39. The number of carbonyl (C=O) groups excluding carboxylic acids is 1. The van der Waals surface area contributed by atoms with E-state index in [1.807, 2.05) is 24.0 Å². The van der Waals surface area contributed by atoms with Crippen LogP contribution in [0.2, 0.25) is 0 Å². The summed E-state index contributed by atoms with van der Waals surface area (Å²) in [5, 5.41) is 0.886. The first kappa shape index (κ1) is 22.9. The number of amidine groups is 1. The van der Waals surface area contributed by atoms with Crippen molar-refractivity contribution in [1.29, 1.82) is 0 Å². The van der Waals surface area contributed by atoms with Crippen LogP contribution in [-0.2, 0) is 4.79 Å². The molecular formula is C27H36FN3OS. The van der Waals surface area contributed by atoms with E-state index >= 15 is 4.39 Å². The molecule has 5 rings (SSSR count). The zero-order valence-electron chi connectivity index (χ0n) is 19.8. The van der Waals surface area contributed by atoms with Gasteiger partial charge in [-0.25, -0.2) is 4.39 Å². The number of rotatable bonds is 4. The van der Waals surface area contributed by atoms with Gasteiger partial charge in [0.2, 0.25) is 0 Å². The molecule has 2 aliphatic carbocycles. The molecule has 6 heteroatoms. The van der Waals surface area contributed by atoms with Gasteiger partial charge in [-0.05, 0) is 86.5 Å². The van der Waals surface area contributed by atoms with Gasteiger partial charge in [0, 0.05) is 19.1 Å². The summed E-state index contributed by atoms with van der Waals surface area (Å²) < 4.78 is 15.0. The zero-order chi connectivity index (χ0) is 22.8. The van der Waals surface area contributed by atoms with E-state index in [1.165, 1.54) is 50.3 Å². The van der Waals surface area contributed by atoms with Crippen molar-refractivity contribution in [2.24, 2.45) is 4.99 Å². The molecule has 0 spiro atoms. The minimum Gasteiger partial charge on any atom is -0.369 e. The minimum atomic E-state index is -0.190. The van der Waals surface area contributed by atoms with Gasteiger partial charge in [-0.1, -0.05) is 38.5 Å². The molecule has 4 nitrogen and oxygen atoms in total. The van der Waals surface area contributed by atoms with E-state index in [-0.39, 0.29) is 17.8 Å². The van der Waals surface area contributed by atoms with Crippen molar-refractivity contribution in [3.05, 3.63) is 34.0 Å². The summed E-state index contributed by atoms with van der Waals surface area (Å²) in [7, 11) is 0. The Hall–Kier alpha value is -1.82. The summed E-state index contributed by atoms with van der Waals surface area (Å²) in [4.78, 5) is 23.5. The van der Waals surface area contributed by atoms with E-state index in [9.17, 15) is 4.79 Å². The molecule has 1 aromatic carbocycles. The van der Waals surface area contributed by atoms with Crippen molar-refractivity contribution in [3.8, 4) is 0 Å². The average Bonchev–Trinajstić information content (AvgIpc) is 3.46. The lowest BCUT2D eigenvalue weighted by Gasteiger charge is -2.31. The van der Waals surface area contributed by atoms with E-state index < -0.39 is 0 Å². The first-order chi connectivity index (χ1) is 16.1. The van der Waals surface area contributed by atoms with Gasteiger partial charge in [-0.15, -0.1) is 0 Å². The highest BCUT2D eigenvalue weighted by atomic mass is 32.2. The Morgan fingerprint density at radius 2 is 1.64 bits per heavy atom. The summed E-state index contributed by atoms with van der Waals surface area (Å²) in [5.41, 5.74) is 2.51. The second-order valence-corrected chi connectivity index (χ2v) is 11.1. The quantitative estimate of drug-likeness (QED) is 0.462. The maximum absolute atomic E-state index is 15.0. The van der Waals surface area contributed by atoms with Crippen molar-refractivity contribution in [2.45, 2.75) is 96.1 Å². The maximum Gasteiger partial charge on any atom is 0.266 e. The number of amides is 1. The molecule has 2 heterocycles. The molecule has 0 N–H and O–H groups in total. The Morgan fingerprint density at radius 3 is 2.33 bits per heavy atom. The van der Waals surface area contributed by atoms with Crippen LogP contribution in [0, 0.1) is 12.7 Å². The lowest BCUT2D eigenvalue weighted by molar-refractivity contribution is -0.124. The van der Waals surface area contributed by atoms with Gasteiger partial charge in [0.05, 0.1) is 16.6 Å². The monoisotopic (exact) mass is 469 g/mol. The Labute approximate surface area is 201 Å². The number of aliphatic imine (C=N–C) groups is 1. The third-order valence-electron chi connectivity index (χ3n) is 7.71. The van der Waals surface area contributed by atoms with Crippen molar-refractivity contribution in [2.75, 3.05) is 18.0 Å². The molecule has 178 valence electrons. The number of anilines is 1. The lowest BCUT2D eigenvalue weighted by atomic mass is 9.94. The first-order valence-corrected chi connectivity index (χ1v) is 13.8. The summed E-state index contributed by atoms with van der Waals surface area (Å²) in [6.45, 7) is 3.86. The highest BCUT2D eigenvalue weighted by Gasteiger charge is 2.39. The van der Waals surface area contributed by atoms with Crippen molar-refractivity contribution < 1.29 is 9.18 Å². The van der Waals surface area contributed by atoms with Crippen LogP contribution in [0.1, 0.15) is 88.2 Å². The van der Waals surface area contributed by atoms with E-state index in [0.29, 0.717) is 16.6 Å². The molecule has 0 unspecified atom stereocenters. The number of carbonyl (C=O) groups is 1. The molecule has 0 radical (unpaired) electrons. The van der Waals surface area contributed by atoms with Crippen LogP contribution in [0.15, 0.2) is 22.0 Å². The molecule has 0 atom stereocenters. The van der Waals surface area contributed by atoms with E-state index in [2.05, 4.69) is 4.90 Å². The van der Waals surface area contributed by atoms with Crippen molar-refractivity contribution >= 4 is 34.6 Å². The molecule has 2 saturated carbocycles. The Kier molecular flexibility index (Phi) is 7.10. The van der Waals surface area contributed by atoms with Crippen LogP contribution in [-0.4, -0.2) is 41.1 Å². The molecule has 33 heavy (non-hydrogen) atoms. The molecule has 2 aliphatic heterocycles. The Morgan fingerprint density at radius 1 is 0.970 bits per heavy atom.